The largest absolute Gasteiger partial charge is 0.416 e. The number of aryl methyl sites for hydroxylation is 2. The summed E-state index contributed by atoms with van der Waals surface area (Å²) in [7, 11) is -2.58. The van der Waals surface area contributed by atoms with Crippen LogP contribution in [0.2, 0.25) is 0 Å². The number of aromatic nitrogens is 2. The van der Waals surface area contributed by atoms with Crippen LogP contribution in [0, 0.1) is 6.92 Å². The van der Waals surface area contributed by atoms with Crippen molar-refractivity contribution in [3.05, 3.63) is 41.1 Å². The van der Waals surface area contributed by atoms with Crippen molar-refractivity contribution >= 4 is 15.8 Å². The molecule has 130 valence electrons. The molecule has 0 spiro atoms. The van der Waals surface area contributed by atoms with Gasteiger partial charge in [0.15, 0.2) is 9.84 Å². The molecule has 0 aliphatic heterocycles. The summed E-state index contributed by atoms with van der Waals surface area (Å²) in [5.41, 5.74) is -1.10. The number of hydrogen-bond donors (Lipinski definition) is 0. The zero-order valence-corrected chi connectivity index (χ0v) is 13.7. The fourth-order valence-electron chi connectivity index (χ4n) is 2.01. The van der Waals surface area contributed by atoms with E-state index in [9.17, 15) is 26.4 Å². The monoisotopic (exact) mass is 362 g/mol. The summed E-state index contributed by atoms with van der Waals surface area (Å²) in [5.74, 6) is -1.05. The van der Waals surface area contributed by atoms with E-state index in [0.29, 0.717) is 24.1 Å². The Labute approximate surface area is 135 Å². The lowest BCUT2D eigenvalue weighted by Gasteiger charge is -2.12. The van der Waals surface area contributed by atoms with Crippen LogP contribution in [0.1, 0.15) is 21.6 Å². The molecule has 0 unspecified atom stereocenters. The minimum Gasteiger partial charge on any atom is -0.404 e. The summed E-state index contributed by atoms with van der Waals surface area (Å²) in [5, 5.41) is 3.95. The number of carbonyl (C=O) groups excluding carboxylic acids is 1. The lowest BCUT2D eigenvalue weighted by atomic mass is 10.1. The van der Waals surface area contributed by atoms with E-state index in [1.807, 2.05) is 0 Å². The summed E-state index contributed by atoms with van der Waals surface area (Å²) >= 11 is 0. The van der Waals surface area contributed by atoms with Crippen LogP contribution in [0.5, 0.6) is 5.88 Å². The van der Waals surface area contributed by atoms with E-state index in [0.717, 1.165) is 6.07 Å². The smallest absolute Gasteiger partial charge is 0.404 e. The third-order valence-corrected chi connectivity index (χ3v) is 4.22. The first kappa shape index (κ1) is 18.0. The molecule has 0 radical (unpaired) electrons. The Kier molecular flexibility index (Phi) is 4.44. The van der Waals surface area contributed by atoms with E-state index in [1.165, 1.54) is 17.8 Å². The van der Waals surface area contributed by atoms with Crippen molar-refractivity contribution in [1.82, 2.24) is 9.78 Å². The summed E-state index contributed by atoms with van der Waals surface area (Å²) in [6.45, 7) is 1.65. The van der Waals surface area contributed by atoms with E-state index >= 15 is 0 Å². The van der Waals surface area contributed by atoms with Gasteiger partial charge in [0.25, 0.3) is 0 Å². The van der Waals surface area contributed by atoms with Crippen molar-refractivity contribution in [1.29, 1.82) is 0 Å². The first-order valence-electron chi connectivity index (χ1n) is 6.53. The number of rotatable bonds is 3. The van der Waals surface area contributed by atoms with Crippen LogP contribution < -0.4 is 4.74 Å². The topological polar surface area (TPSA) is 78.3 Å². The van der Waals surface area contributed by atoms with Crippen molar-refractivity contribution in [3.63, 3.8) is 0 Å². The van der Waals surface area contributed by atoms with E-state index in [4.69, 9.17) is 4.74 Å². The van der Waals surface area contributed by atoms with E-state index in [-0.39, 0.29) is 5.88 Å². The van der Waals surface area contributed by atoms with Crippen LogP contribution in [0.15, 0.2) is 29.2 Å². The summed E-state index contributed by atoms with van der Waals surface area (Å²) in [6, 6.07) is 3.26. The molecule has 6 nitrogen and oxygen atoms in total. The highest BCUT2D eigenvalue weighted by atomic mass is 32.2. The zero-order chi connectivity index (χ0) is 18.3. The number of halogens is 3. The van der Waals surface area contributed by atoms with Crippen LogP contribution in [0.4, 0.5) is 13.2 Å². The van der Waals surface area contributed by atoms with Crippen LogP contribution in [-0.2, 0) is 23.1 Å². The molecule has 0 aliphatic carbocycles. The fraction of sp³-hybridized carbons (Fsp3) is 0.286. The maximum atomic E-state index is 12.8. The Hall–Kier alpha value is -2.36. The van der Waals surface area contributed by atoms with Gasteiger partial charge in [0, 0.05) is 19.4 Å². The van der Waals surface area contributed by atoms with Crippen LogP contribution >= 0.6 is 0 Å². The quantitative estimate of drug-likeness (QED) is 0.784. The first-order chi connectivity index (χ1) is 10.9. The van der Waals surface area contributed by atoms with Crippen molar-refractivity contribution in [3.8, 4) is 5.88 Å². The molecule has 24 heavy (non-hydrogen) atoms. The maximum absolute atomic E-state index is 12.8. The van der Waals surface area contributed by atoms with Crippen molar-refractivity contribution in [2.75, 3.05) is 6.26 Å². The fourth-order valence-corrected chi connectivity index (χ4v) is 2.90. The number of alkyl halides is 3. The van der Waals surface area contributed by atoms with Gasteiger partial charge in [-0.2, -0.15) is 18.3 Å². The Balaban J connectivity index is 2.49. The van der Waals surface area contributed by atoms with Crippen molar-refractivity contribution < 1.29 is 31.1 Å². The summed E-state index contributed by atoms with van der Waals surface area (Å²) < 4.78 is 68.1. The Morgan fingerprint density at radius 1 is 1.25 bits per heavy atom. The molecule has 0 fully saturated rings. The molecule has 1 aromatic heterocycles. The van der Waals surface area contributed by atoms with Gasteiger partial charge in [0.2, 0.25) is 5.88 Å². The molecular formula is C14H13F3N2O4S. The van der Waals surface area contributed by atoms with Crippen LogP contribution in [0.25, 0.3) is 0 Å². The summed E-state index contributed by atoms with van der Waals surface area (Å²) in [6.07, 6.45) is -4.02. The summed E-state index contributed by atoms with van der Waals surface area (Å²) in [4.78, 5) is 11.4. The number of esters is 1. The average molecular weight is 362 g/mol. The molecular weight excluding hydrogens is 349 g/mol. The van der Waals surface area contributed by atoms with Gasteiger partial charge in [-0.05, 0) is 25.1 Å². The maximum Gasteiger partial charge on any atom is 0.416 e. The van der Waals surface area contributed by atoms with Crippen LogP contribution in [-0.4, -0.2) is 30.4 Å². The van der Waals surface area contributed by atoms with Gasteiger partial charge in [-0.15, -0.1) is 0 Å². The lowest BCUT2D eigenvalue weighted by molar-refractivity contribution is -0.137. The molecule has 0 saturated heterocycles. The second-order valence-electron chi connectivity index (χ2n) is 5.12. The number of nitrogens with zero attached hydrogens (tertiary/aromatic N) is 2. The molecule has 0 aliphatic rings. The lowest BCUT2D eigenvalue weighted by Crippen LogP contribution is -2.17. The molecule has 0 bridgehead atoms. The average Bonchev–Trinajstić information content (AvgIpc) is 2.74. The highest BCUT2D eigenvalue weighted by Gasteiger charge is 2.33. The molecule has 0 atom stereocenters. The van der Waals surface area contributed by atoms with Gasteiger partial charge in [-0.25, -0.2) is 17.9 Å². The Bertz CT molecular complexity index is 901. The minimum absolute atomic E-state index is 0.0387. The number of benzene rings is 1. The van der Waals surface area contributed by atoms with Gasteiger partial charge in [-0.1, -0.05) is 0 Å². The third kappa shape index (κ3) is 3.75. The zero-order valence-electron chi connectivity index (χ0n) is 12.9. The van der Waals surface area contributed by atoms with Gasteiger partial charge in [0.1, 0.15) is 0 Å². The molecule has 10 heteroatoms. The predicted molar refractivity (Wildman–Crippen MR) is 77.5 cm³/mol. The molecule has 2 rings (SSSR count). The predicted octanol–water partition coefficient (Wildman–Crippen LogP) is 2.37. The molecule has 0 N–H and O–H groups in total. The molecule has 2 aromatic rings. The highest BCUT2D eigenvalue weighted by molar-refractivity contribution is 7.90. The molecule has 0 saturated carbocycles. The molecule has 0 amide bonds. The van der Waals surface area contributed by atoms with Crippen molar-refractivity contribution in [2.45, 2.75) is 18.0 Å². The standard InChI is InChI=1S/C14H13F3N2O4S/c1-8-6-12(19(2)18-8)23-13(20)10-5-4-9(14(15,16)17)7-11(10)24(3,21)22/h4-7H,1-3H3. The second kappa shape index (κ2) is 5.93. The second-order valence-corrected chi connectivity index (χ2v) is 7.10. The Morgan fingerprint density at radius 2 is 1.88 bits per heavy atom. The normalized spacial score (nSPS) is 12.2. The molecule has 1 heterocycles. The third-order valence-electron chi connectivity index (χ3n) is 3.08. The van der Waals surface area contributed by atoms with Gasteiger partial charge < -0.3 is 4.74 Å². The molecule has 1 aromatic carbocycles. The van der Waals surface area contributed by atoms with E-state index in [1.54, 1.807) is 6.92 Å². The van der Waals surface area contributed by atoms with Crippen molar-refractivity contribution in [2.24, 2.45) is 7.05 Å². The van der Waals surface area contributed by atoms with Gasteiger partial charge in [0.05, 0.1) is 21.7 Å². The van der Waals surface area contributed by atoms with E-state index in [2.05, 4.69) is 5.10 Å². The first-order valence-corrected chi connectivity index (χ1v) is 8.43. The van der Waals surface area contributed by atoms with Gasteiger partial charge in [-0.3, -0.25) is 0 Å². The number of hydrogen-bond acceptors (Lipinski definition) is 5. The number of ether oxygens (including phenoxy) is 1. The van der Waals surface area contributed by atoms with E-state index < -0.39 is 38.0 Å². The Morgan fingerprint density at radius 3 is 2.33 bits per heavy atom. The highest BCUT2D eigenvalue weighted by Crippen LogP contribution is 2.32. The number of sulfone groups is 1. The van der Waals surface area contributed by atoms with Gasteiger partial charge >= 0.3 is 12.1 Å². The van der Waals surface area contributed by atoms with Crippen LogP contribution in [0.3, 0.4) is 0 Å². The number of carbonyl (C=O) groups is 1. The minimum atomic E-state index is -4.74. The SMILES string of the molecule is Cc1cc(OC(=O)c2ccc(C(F)(F)F)cc2S(C)(=O)=O)n(C)n1.